The first-order valence-corrected chi connectivity index (χ1v) is 7.85. The molecule has 21 heavy (non-hydrogen) atoms. The summed E-state index contributed by atoms with van der Waals surface area (Å²) < 4.78 is 6.55. The van der Waals surface area contributed by atoms with Crippen molar-refractivity contribution in [3.63, 3.8) is 0 Å². The van der Waals surface area contributed by atoms with Crippen LogP contribution in [0, 0.1) is 12.3 Å². The molecule has 0 spiro atoms. The number of aryl methyl sites for hydroxylation is 1. The van der Waals surface area contributed by atoms with Crippen molar-refractivity contribution in [3.05, 3.63) is 22.3 Å². The summed E-state index contributed by atoms with van der Waals surface area (Å²) in [5, 5.41) is 2.82. The normalized spacial score (nSPS) is 27.0. The Bertz CT molecular complexity index is 562. The van der Waals surface area contributed by atoms with Gasteiger partial charge in [-0.2, -0.15) is 0 Å². The third-order valence-electron chi connectivity index (χ3n) is 4.52. The van der Waals surface area contributed by atoms with Crippen molar-refractivity contribution < 1.29 is 9.53 Å². The summed E-state index contributed by atoms with van der Waals surface area (Å²) in [5.41, 5.74) is 6.00. The molecule has 2 unspecified atom stereocenters. The highest BCUT2D eigenvalue weighted by Crippen LogP contribution is 2.50. The number of ether oxygens (including phenoxy) is 1. The Hall–Kier alpha value is -0.980. The van der Waals surface area contributed by atoms with Crippen molar-refractivity contribution in [1.29, 1.82) is 0 Å². The van der Waals surface area contributed by atoms with Crippen LogP contribution in [-0.4, -0.2) is 29.1 Å². The van der Waals surface area contributed by atoms with E-state index < -0.39 is 11.0 Å². The van der Waals surface area contributed by atoms with Gasteiger partial charge in [0.15, 0.2) is 0 Å². The van der Waals surface area contributed by atoms with E-state index in [1.807, 2.05) is 33.8 Å². The van der Waals surface area contributed by atoms with E-state index in [1.165, 1.54) is 0 Å². The van der Waals surface area contributed by atoms with Crippen LogP contribution in [0.5, 0.6) is 0 Å². The van der Waals surface area contributed by atoms with Gasteiger partial charge >= 0.3 is 0 Å². The van der Waals surface area contributed by atoms with E-state index in [1.54, 1.807) is 6.20 Å². The number of aromatic nitrogens is 1. The van der Waals surface area contributed by atoms with Gasteiger partial charge in [-0.1, -0.05) is 13.8 Å². The Balaban J connectivity index is 2.12. The van der Waals surface area contributed by atoms with Gasteiger partial charge in [0.25, 0.3) is 0 Å². The lowest BCUT2D eigenvalue weighted by molar-refractivity contribution is -0.166. The summed E-state index contributed by atoms with van der Waals surface area (Å²) in [4.78, 5) is 16.7. The lowest BCUT2D eigenvalue weighted by atomic mass is 9.54. The molecule has 5 nitrogen and oxygen atoms in total. The predicted molar refractivity (Wildman–Crippen MR) is 86.0 cm³/mol. The fraction of sp³-hybridized carbons (Fsp3) is 0.600. The molecule has 1 heterocycles. The van der Waals surface area contributed by atoms with Gasteiger partial charge in [0.2, 0.25) is 5.91 Å². The van der Waals surface area contributed by atoms with Gasteiger partial charge in [0, 0.05) is 29.1 Å². The Morgan fingerprint density at radius 2 is 2.29 bits per heavy atom. The number of carbonyl (C=O) groups is 1. The van der Waals surface area contributed by atoms with Gasteiger partial charge in [-0.15, -0.1) is 0 Å². The van der Waals surface area contributed by atoms with E-state index in [4.69, 9.17) is 10.5 Å². The molecule has 1 fully saturated rings. The molecule has 1 saturated carbocycles. The SMILES string of the molecule is CCOC1CC(N)(C(=O)Nc2cc(C)c(Br)cn2)C1(C)C. The number of hydrogen-bond acceptors (Lipinski definition) is 4. The van der Waals surface area contributed by atoms with Crippen molar-refractivity contribution in [2.45, 2.75) is 45.8 Å². The highest BCUT2D eigenvalue weighted by Gasteiger charge is 2.62. The summed E-state index contributed by atoms with van der Waals surface area (Å²) >= 11 is 3.39. The Labute approximate surface area is 133 Å². The largest absolute Gasteiger partial charge is 0.378 e. The van der Waals surface area contributed by atoms with E-state index in [2.05, 4.69) is 26.2 Å². The molecule has 0 radical (unpaired) electrons. The fourth-order valence-electron chi connectivity index (χ4n) is 2.66. The second-order valence-electron chi connectivity index (χ2n) is 6.11. The van der Waals surface area contributed by atoms with Crippen molar-refractivity contribution in [3.8, 4) is 0 Å². The molecule has 1 aliphatic carbocycles. The quantitative estimate of drug-likeness (QED) is 0.870. The van der Waals surface area contributed by atoms with Gasteiger partial charge < -0.3 is 15.8 Å². The zero-order valence-corrected chi connectivity index (χ0v) is 14.5. The number of halogens is 1. The van der Waals surface area contributed by atoms with E-state index in [-0.39, 0.29) is 12.0 Å². The summed E-state index contributed by atoms with van der Waals surface area (Å²) in [7, 11) is 0. The Morgan fingerprint density at radius 1 is 1.62 bits per heavy atom. The first-order chi connectivity index (χ1) is 9.72. The summed E-state index contributed by atoms with van der Waals surface area (Å²) in [6.07, 6.45) is 2.20. The lowest BCUT2D eigenvalue weighted by Gasteiger charge is -2.57. The molecule has 2 rings (SSSR count). The van der Waals surface area contributed by atoms with Crippen molar-refractivity contribution in [2.75, 3.05) is 11.9 Å². The summed E-state index contributed by atoms with van der Waals surface area (Å²) in [6.45, 7) is 8.45. The smallest absolute Gasteiger partial charge is 0.246 e. The van der Waals surface area contributed by atoms with Crippen LogP contribution in [0.15, 0.2) is 16.7 Å². The van der Waals surface area contributed by atoms with Crippen LogP contribution >= 0.6 is 15.9 Å². The number of nitrogens with one attached hydrogen (secondary N) is 1. The first kappa shape index (κ1) is 16.4. The number of hydrogen-bond donors (Lipinski definition) is 2. The van der Waals surface area contributed by atoms with E-state index in [0.29, 0.717) is 18.8 Å². The number of rotatable bonds is 4. The summed E-state index contributed by atoms with van der Waals surface area (Å²) in [6, 6.07) is 1.82. The van der Waals surface area contributed by atoms with Gasteiger partial charge in [-0.3, -0.25) is 4.79 Å². The van der Waals surface area contributed by atoms with E-state index in [0.717, 1.165) is 10.0 Å². The van der Waals surface area contributed by atoms with Crippen molar-refractivity contribution in [2.24, 2.45) is 11.1 Å². The topological polar surface area (TPSA) is 77.2 Å². The second kappa shape index (κ2) is 5.66. The van der Waals surface area contributed by atoms with E-state index >= 15 is 0 Å². The summed E-state index contributed by atoms with van der Waals surface area (Å²) in [5.74, 6) is 0.305. The lowest BCUT2D eigenvalue weighted by Crippen LogP contribution is -2.74. The molecule has 1 amide bonds. The maximum Gasteiger partial charge on any atom is 0.246 e. The van der Waals surface area contributed by atoms with Crippen LogP contribution < -0.4 is 11.1 Å². The molecule has 1 aromatic heterocycles. The number of pyridine rings is 1. The minimum atomic E-state index is -0.935. The molecule has 1 aromatic rings. The molecule has 0 bridgehead atoms. The third kappa shape index (κ3) is 2.72. The molecule has 0 aromatic carbocycles. The third-order valence-corrected chi connectivity index (χ3v) is 5.35. The van der Waals surface area contributed by atoms with Gasteiger partial charge in [-0.25, -0.2) is 4.98 Å². The standard InChI is InChI=1S/C15H22BrN3O2/c1-5-21-11-7-15(17,14(11,3)4)13(20)19-12-6-9(2)10(16)8-18-12/h6,8,11H,5,7,17H2,1-4H3,(H,18,19,20). The Morgan fingerprint density at radius 3 is 2.81 bits per heavy atom. The maximum atomic E-state index is 12.5. The fourth-order valence-corrected chi connectivity index (χ4v) is 2.87. The predicted octanol–water partition coefficient (Wildman–Crippen LogP) is 2.62. The second-order valence-corrected chi connectivity index (χ2v) is 6.97. The van der Waals surface area contributed by atoms with Crippen LogP contribution in [0.1, 0.15) is 32.8 Å². The monoisotopic (exact) mass is 355 g/mol. The highest BCUT2D eigenvalue weighted by molar-refractivity contribution is 9.10. The van der Waals surface area contributed by atoms with Gasteiger partial charge in [0.05, 0.1) is 6.10 Å². The van der Waals surface area contributed by atoms with Crippen LogP contribution in [0.25, 0.3) is 0 Å². The highest BCUT2D eigenvalue weighted by atomic mass is 79.9. The van der Waals surface area contributed by atoms with Crippen molar-refractivity contribution in [1.82, 2.24) is 4.98 Å². The van der Waals surface area contributed by atoms with Crippen LogP contribution in [0.4, 0.5) is 5.82 Å². The maximum absolute atomic E-state index is 12.5. The zero-order chi connectivity index (χ0) is 15.8. The molecule has 1 aliphatic rings. The molecular formula is C15H22BrN3O2. The van der Waals surface area contributed by atoms with Crippen molar-refractivity contribution >= 4 is 27.7 Å². The number of amides is 1. The number of carbonyl (C=O) groups excluding carboxylic acids is 1. The average molecular weight is 356 g/mol. The molecule has 0 aliphatic heterocycles. The Kier molecular flexibility index (Phi) is 4.42. The number of nitrogens with zero attached hydrogens (tertiary/aromatic N) is 1. The van der Waals surface area contributed by atoms with Crippen LogP contribution in [0.2, 0.25) is 0 Å². The van der Waals surface area contributed by atoms with Gasteiger partial charge in [-0.05, 0) is 41.4 Å². The van der Waals surface area contributed by atoms with Crippen LogP contribution in [0.3, 0.4) is 0 Å². The minimum absolute atomic E-state index is 0.0119. The molecule has 6 heteroatoms. The molecule has 3 N–H and O–H groups in total. The first-order valence-electron chi connectivity index (χ1n) is 7.06. The van der Waals surface area contributed by atoms with E-state index in [9.17, 15) is 4.79 Å². The molecule has 116 valence electrons. The zero-order valence-electron chi connectivity index (χ0n) is 12.9. The number of anilines is 1. The van der Waals surface area contributed by atoms with Gasteiger partial charge in [0.1, 0.15) is 11.4 Å². The molecule has 0 saturated heterocycles. The minimum Gasteiger partial charge on any atom is -0.378 e. The number of nitrogens with two attached hydrogens (primary N) is 1. The average Bonchev–Trinajstić information content (AvgIpc) is 2.42. The molecular weight excluding hydrogens is 334 g/mol. The molecule has 2 atom stereocenters. The van der Waals surface area contributed by atoms with Crippen LogP contribution in [-0.2, 0) is 9.53 Å².